The molecular weight excluding hydrogens is 540 g/mol. The van der Waals surface area contributed by atoms with Crippen molar-refractivity contribution >= 4 is 17.6 Å². The Hall–Kier alpha value is -2.67. The van der Waals surface area contributed by atoms with E-state index in [-0.39, 0.29) is 50.4 Å². The molecule has 0 aromatic carbocycles. The van der Waals surface area contributed by atoms with Crippen molar-refractivity contribution in [1.29, 1.82) is 0 Å². The summed E-state index contributed by atoms with van der Waals surface area (Å²) in [5, 5.41) is 10.4. The van der Waals surface area contributed by atoms with E-state index in [1.807, 2.05) is 14.0 Å². The Kier molecular flexibility index (Phi) is 5.90. The Bertz CT molecular complexity index is 1470. The first kappa shape index (κ1) is 29.1. The second-order valence-corrected chi connectivity index (χ2v) is 16.6. The number of hydrogen-bond donors (Lipinski definition) is 1. The maximum absolute atomic E-state index is 13.6. The molecule has 5 unspecified atom stereocenters. The van der Waals surface area contributed by atoms with Gasteiger partial charge >= 0.3 is 11.8 Å². The molecule has 0 aromatic rings. The smallest absolute Gasteiger partial charge is 0.312 e. The van der Waals surface area contributed by atoms with Crippen molar-refractivity contribution in [3.05, 3.63) is 46.3 Å². The minimum atomic E-state index is -0.396. The molecule has 7 rings (SSSR count). The molecule has 0 aromatic heterocycles. The van der Waals surface area contributed by atoms with Gasteiger partial charge in [-0.1, -0.05) is 45.4 Å². The summed E-state index contributed by atoms with van der Waals surface area (Å²) in [5.41, 5.74) is 3.64. The van der Waals surface area contributed by atoms with Crippen molar-refractivity contribution in [3.8, 4) is 0 Å². The van der Waals surface area contributed by atoms with Gasteiger partial charge in [0.25, 0.3) is 0 Å². The summed E-state index contributed by atoms with van der Waals surface area (Å²) in [6.45, 7) is 16.4. The Morgan fingerprint density at radius 1 is 0.977 bits per heavy atom. The van der Waals surface area contributed by atoms with Crippen molar-refractivity contribution in [2.75, 3.05) is 33.4 Å². The van der Waals surface area contributed by atoms with Crippen molar-refractivity contribution in [3.63, 3.8) is 0 Å². The summed E-state index contributed by atoms with van der Waals surface area (Å²) < 4.78 is 5.36. The average Bonchev–Trinajstić information content (AvgIpc) is 2.92. The number of allylic oxidation sites excluding steroid dienone is 7. The molecule has 2 amide bonds. The lowest BCUT2D eigenvalue weighted by Crippen LogP contribution is -2.69. The minimum Gasteiger partial charge on any atom is -0.504 e. The topological polar surface area (TPSA) is 87.2 Å². The molecular formula is C36H48N2O5. The van der Waals surface area contributed by atoms with Crippen molar-refractivity contribution < 1.29 is 24.2 Å². The van der Waals surface area contributed by atoms with E-state index in [2.05, 4.69) is 46.8 Å². The Morgan fingerprint density at radius 2 is 1.65 bits per heavy atom. The Balaban J connectivity index is 1.19. The van der Waals surface area contributed by atoms with Gasteiger partial charge in [-0.05, 0) is 98.2 Å². The Labute approximate surface area is 256 Å². The SMILES string of the molecule is CC1=C(O)C(=O)C=C2C1=CC=C1C2(C)CC[C@@]2(C)C3CC(C)(N(C)C(=O)C(=O)N4CC5(COC5)C4)CCC3(C)CCC12C. The van der Waals surface area contributed by atoms with Crippen molar-refractivity contribution in [2.45, 2.75) is 92.0 Å². The van der Waals surface area contributed by atoms with Gasteiger partial charge in [0.2, 0.25) is 5.78 Å². The highest BCUT2D eigenvalue weighted by atomic mass is 16.5. The summed E-state index contributed by atoms with van der Waals surface area (Å²) in [6.07, 6.45) is 13.1. The van der Waals surface area contributed by atoms with Crippen LogP contribution < -0.4 is 0 Å². The molecule has 1 N–H and O–H groups in total. The number of ether oxygens (including phenoxy) is 1. The van der Waals surface area contributed by atoms with Crippen LogP contribution in [0.15, 0.2) is 46.3 Å². The van der Waals surface area contributed by atoms with E-state index < -0.39 is 5.54 Å². The quantitative estimate of drug-likeness (QED) is 0.398. The molecule has 6 atom stereocenters. The number of hydrogen-bond acceptors (Lipinski definition) is 5. The standard InChI is InChI=1S/C36H48N2O5/c1-22-23-8-9-26-33(4,24(23)16-25(39)28(22)40)13-15-35(6)27-17-32(3,12-10-31(27,2)11-14-34(26,35)5)37(7)29(41)30(42)38-18-36(19-38)20-43-21-36/h8-9,16,27,40H,10-15,17-21H2,1-7H3/t27?,31?,32?,33?,34?,35-/m0/s1. The van der Waals surface area contributed by atoms with Gasteiger partial charge in [-0.2, -0.15) is 0 Å². The molecule has 232 valence electrons. The van der Waals surface area contributed by atoms with Gasteiger partial charge in [-0.15, -0.1) is 0 Å². The first-order chi connectivity index (χ1) is 20.0. The molecule has 2 heterocycles. The van der Waals surface area contributed by atoms with Gasteiger partial charge in [0.15, 0.2) is 5.76 Å². The molecule has 43 heavy (non-hydrogen) atoms. The van der Waals surface area contributed by atoms with Gasteiger partial charge in [0.05, 0.1) is 18.6 Å². The van der Waals surface area contributed by atoms with Crippen LogP contribution in [0.1, 0.15) is 86.5 Å². The van der Waals surface area contributed by atoms with Crippen molar-refractivity contribution in [1.82, 2.24) is 9.80 Å². The third kappa shape index (κ3) is 3.60. The number of fused-ring (bicyclic) bond motifs is 7. The molecule has 2 aliphatic heterocycles. The van der Waals surface area contributed by atoms with Gasteiger partial charge in [0, 0.05) is 36.7 Å². The van der Waals surface area contributed by atoms with Gasteiger partial charge in [0.1, 0.15) is 0 Å². The number of nitrogens with zero attached hydrogens (tertiary/aromatic N) is 2. The molecule has 5 aliphatic carbocycles. The van der Waals surface area contributed by atoms with Gasteiger partial charge < -0.3 is 19.6 Å². The zero-order chi connectivity index (χ0) is 31.0. The highest BCUT2D eigenvalue weighted by Gasteiger charge is 2.67. The molecule has 2 saturated heterocycles. The molecule has 7 heteroatoms. The fraction of sp³-hybridized carbons (Fsp3) is 0.694. The van der Waals surface area contributed by atoms with Gasteiger partial charge in [-0.3, -0.25) is 14.4 Å². The van der Waals surface area contributed by atoms with E-state index in [9.17, 15) is 19.5 Å². The van der Waals surface area contributed by atoms with Gasteiger partial charge in [-0.25, -0.2) is 0 Å². The molecule has 5 fully saturated rings. The highest BCUT2D eigenvalue weighted by Crippen LogP contribution is 2.75. The average molecular weight is 589 g/mol. The number of amides is 2. The summed E-state index contributed by atoms with van der Waals surface area (Å²) in [5.74, 6) is -0.801. The first-order valence-corrected chi connectivity index (χ1v) is 16.3. The summed E-state index contributed by atoms with van der Waals surface area (Å²) in [4.78, 5) is 43.2. The third-order valence-electron chi connectivity index (χ3n) is 14.3. The van der Waals surface area contributed by atoms with Crippen molar-refractivity contribution in [2.24, 2.45) is 33.0 Å². The fourth-order valence-electron chi connectivity index (χ4n) is 10.7. The highest BCUT2D eigenvalue weighted by molar-refractivity contribution is 6.35. The number of carbonyl (C=O) groups is 3. The van der Waals surface area contributed by atoms with Crippen LogP contribution in [-0.2, 0) is 19.1 Å². The number of likely N-dealkylation sites (N-methyl/N-ethyl adjacent to an activating group) is 1. The zero-order valence-electron chi connectivity index (χ0n) is 27.1. The minimum absolute atomic E-state index is 0.00734. The van der Waals surface area contributed by atoms with E-state index in [1.54, 1.807) is 15.9 Å². The van der Waals surface area contributed by atoms with Crippen LogP contribution in [0.2, 0.25) is 0 Å². The van der Waals surface area contributed by atoms with Crippen LogP contribution in [0.25, 0.3) is 0 Å². The van der Waals surface area contributed by atoms with Crippen LogP contribution in [0, 0.1) is 33.0 Å². The number of likely N-dealkylation sites (tertiary alicyclic amines) is 1. The zero-order valence-corrected chi connectivity index (χ0v) is 27.1. The summed E-state index contributed by atoms with van der Waals surface area (Å²) >= 11 is 0. The fourth-order valence-corrected chi connectivity index (χ4v) is 10.7. The Morgan fingerprint density at radius 3 is 2.30 bits per heavy atom. The lowest BCUT2D eigenvalue weighted by Gasteiger charge is -2.70. The monoisotopic (exact) mass is 588 g/mol. The van der Waals surface area contributed by atoms with E-state index in [1.165, 1.54) is 5.57 Å². The predicted octanol–water partition coefficient (Wildman–Crippen LogP) is 5.68. The molecule has 7 nitrogen and oxygen atoms in total. The normalized spacial score (nSPS) is 42.7. The maximum Gasteiger partial charge on any atom is 0.312 e. The van der Waals surface area contributed by atoms with Crippen LogP contribution >= 0.6 is 0 Å². The number of ketones is 1. The first-order valence-electron chi connectivity index (χ1n) is 16.3. The predicted molar refractivity (Wildman–Crippen MR) is 164 cm³/mol. The number of aliphatic hydroxyl groups is 1. The number of rotatable bonds is 1. The van der Waals surface area contributed by atoms with Crippen LogP contribution in [0.5, 0.6) is 0 Å². The van der Waals surface area contributed by atoms with Crippen LogP contribution in [-0.4, -0.2) is 71.4 Å². The number of aliphatic hydroxyl groups excluding tert-OH is 1. The van der Waals surface area contributed by atoms with E-state index in [0.717, 1.165) is 56.1 Å². The lowest BCUT2D eigenvalue weighted by molar-refractivity contribution is -0.199. The van der Waals surface area contributed by atoms with E-state index >= 15 is 0 Å². The van der Waals surface area contributed by atoms with E-state index in [0.29, 0.717) is 37.8 Å². The second-order valence-electron chi connectivity index (χ2n) is 16.6. The molecule has 7 aliphatic rings. The third-order valence-corrected chi connectivity index (χ3v) is 14.3. The largest absolute Gasteiger partial charge is 0.504 e. The maximum atomic E-state index is 13.6. The molecule has 1 spiro atoms. The molecule has 3 saturated carbocycles. The van der Waals surface area contributed by atoms with E-state index in [4.69, 9.17) is 4.74 Å². The molecule has 0 radical (unpaired) electrons. The molecule has 0 bridgehead atoms. The number of carbonyl (C=O) groups excluding carboxylic acids is 3. The second kappa shape index (κ2) is 8.74. The van der Waals surface area contributed by atoms with Crippen LogP contribution in [0.4, 0.5) is 0 Å². The lowest BCUT2D eigenvalue weighted by atomic mass is 9.35. The van der Waals surface area contributed by atoms with Crippen LogP contribution in [0.3, 0.4) is 0 Å². The summed E-state index contributed by atoms with van der Waals surface area (Å²) in [6, 6.07) is 0. The summed E-state index contributed by atoms with van der Waals surface area (Å²) in [7, 11) is 1.85.